The van der Waals surface area contributed by atoms with Crippen LogP contribution in [0.5, 0.6) is 0 Å². The second-order valence-corrected chi connectivity index (χ2v) is 6.12. The predicted octanol–water partition coefficient (Wildman–Crippen LogP) is 3.51. The summed E-state index contributed by atoms with van der Waals surface area (Å²) in [6.07, 6.45) is 4.11. The van der Waals surface area contributed by atoms with Crippen molar-refractivity contribution in [2.45, 2.75) is 19.4 Å². The van der Waals surface area contributed by atoms with E-state index in [9.17, 15) is 10.1 Å². The fraction of sp³-hybridized carbons (Fsp3) is 0.238. The molecule has 0 unspecified atom stereocenters. The minimum absolute atomic E-state index is 0.116. The Hall–Kier alpha value is -3.06. The van der Waals surface area contributed by atoms with Crippen molar-refractivity contribution in [2.24, 2.45) is 0 Å². The molecule has 4 nitrogen and oxygen atoms in total. The average Bonchev–Trinajstić information content (AvgIpc) is 3.20. The second-order valence-electron chi connectivity index (χ2n) is 6.12. The maximum absolute atomic E-state index is 12.2. The molecule has 0 aliphatic carbocycles. The van der Waals surface area contributed by atoms with E-state index in [0.29, 0.717) is 6.54 Å². The summed E-state index contributed by atoms with van der Waals surface area (Å²) in [5.74, 6) is -0.352. The van der Waals surface area contributed by atoms with Gasteiger partial charge in [0.25, 0.3) is 5.91 Å². The molecule has 1 N–H and O–H groups in total. The summed E-state index contributed by atoms with van der Waals surface area (Å²) in [5, 5.41) is 12.1. The van der Waals surface area contributed by atoms with E-state index < -0.39 is 0 Å². The zero-order chi connectivity index (χ0) is 17.5. The molecule has 0 bridgehead atoms. The van der Waals surface area contributed by atoms with Gasteiger partial charge in [-0.2, -0.15) is 5.26 Å². The molecular formula is C21H21N3O. The summed E-state index contributed by atoms with van der Waals surface area (Å²) in [6.45, 7) is 2.60. The van der Waals surface area contributed by atoms with Crippen molar-refractivity contribution in [3.63, 3.8) is 0 Å². The first-order chi connectivity index (χ1) is 12.3. The Bertz CT molecular complexity index is 782. The van der Waals surface area contributed by atoms with Gasteiger partial charge in [-0.3, -0.25) is 4.79 Å². The highest BCUT2D eigenvalue weighted by atomic mass is 16.1. The van der Waals surface area contributed by atoms with Gasteiger partial charge in [0.1, 0.15) is 11.6 Å². The van der Waals surface area contributed by atoms with E-state index >= 15 is 0 Å². The molecule has 1 aliphatic heterocycles. The smallest absolute Gasteiger partial charge is 0.262 e. The highest BCUT2D eigenvalue weighted by Crippen LogP contribution is 2.21. The van der Waals surface area contributed by atoms with E-state index in [1.54, 1.807) is 6.08 Å². The van der Waals surface area contributed by atoms with Gasteiger partial charge < -0.3 is 10.2 Å². The van der Waals surface area contributed by atoms with Gasteiger partial charge in [0, 0.05) is 25.3 Å². The quantitative estimate of drug-likeness (QED) is 0.674. The van der Waals surface area contributed by atoms with Crippen LogP contribution in [0.25, 0.3) is 6.08 Å². The normalized spacial score (nSPS) is 14.2. The third-order valence-corrected chi connectivity index (χ3v) is 4.34. The van der Waals surface area contributed by atoms with Crippen LogP contribution >= 0.6 is 0 Å². The Morgan fingerprint density at radius 1 is 1.08 bits per heavy atom. The molecule has 1 amide bonds. The lowest BCUT2D eigenvalue weighted by atomic mass is 10.1. The van der Waals surface area contributed by atoms with Crippen LogP contribution in [0.15, 0.2) is 60.2 Å². The molecule has 1 heterocycles. The number of carbonyl (C=O) groups excluding carboxylic acids is 1. The van der Waals surface area contributed by atoms with Crippen LogP contribution < -0.4 is 10.2 Å². The molecule has 126 valence electrons. The Balaban J connectivity index is 1.65. The summed E-state index contributed by atoms with van der Waals surface area (Å²) >= 11 is 0. The van der Waals surface area contributed by atoms with Crippen LogP contribution in [0.3, 0.4) is 0 Å². The van der Waals surface area contributed by atoms with Gasteiger partial charge in [-0.25, -0.2) is 0 Å². The average molecular weight is 331 g/mol. The Kier molecular flexibility index (Phi) is 5.48. The van der Waals surface area contributed by atoms with E-state index in [2.05, 4.69) is 10.2 Å². The molecule has 2 aromatic carbocycles. The van der Waals surface area contributed by atoms with Crippen LogP contribution in [-0.2, 0) is 11.3 Å². The van der Waals surface area contributed by atoms with Crippen LogP contribution in [-0.4, -0.2) is 19.0 Å². The summed E-state index contributed by atoms with van der Waals surface area (Å²) in [4.78, 5) is 14.6. The number of amides is 1. The predicted molar refractivity (Wildman–Crippen MR) is 99.8 cm³/mol. The molecule has 2 aromatic rings. The second kappa shape index (κ2) is 8.16. The Morgan fingerprint density at radius 2 is 1.76 bits per heavy atom. The molecule has 0 saturated carbocycles. The van der Waals surface area contributed by atoms with Gasteiger partial charge in [0.15, 0.2) is 0 Å². The first-order valence-corrected chi connectivity index (χ1v) is 8.55. The van der Waals surface area contributed by atoms with Gasteiger partial charge in [0.05, 0.1) is 0 Å². The first kappa shape index (κ1) is 16.8. The molecule has 0 spiro atoms. The molecule has 25 heavy (non-hydrogen) atoms. The van der Waals surface area contributed by atoms with Gasteiger partial charge in [-0.1, -0.05) is 42.5 Å². The number of anilines is 1. The summed E-state index contributed by atoms with van der Waals surface area (Å²) in [7, 11) is 0. The number of hydrogen-bond donors (Lipinski definition) is 1. The number of hydrogen-bond acceptors (Lipinski definition) is 3. The third kappa shape index (κ3) is 4.48. The number of nitrogens with one attached hydrogen (secondary N) is 1. The standard InChI is InChI=1S/C21H21N3O/c22-15-19(21(25)23-16-18-6-2-1-3-7-18)14-17-8-10-20(11-9-17)24-12-4-5-13-24/h1-3,6-11,14H,4-5,12-13,16H2,(H,23,25)/b19-14+. The Morgan fingerprint density at radius 3 is 2.40 bits per heavy atom. The molecule has 1 aliphatic rings. The lowest BCUT2D eigenvalue weighted by Gasteiger charge is -2.17. The van der Waals surface area contributed by atoms with Gasteiger partial charge >= 0.3 is 0 Å². The summed E-state index contributed by atoms with van der Waals surface area (Å²) in [6, 6.07) is 19.6. The van der Waals surface area contributed by atoms with Gasteiger partial charge in [0.2, 0.25) is 0 Å². The van der Waals surface area contributed by atoms with E-state index in [1.807, 2.05) is 60.7 Å². The highest BCUT2D eigenvalue weighted by molar-refractivity contribution is 6.01. The van der Waals surface area contributed by atoms with Gasteiger partial charge in [-0.15, -0.1) is 0 Å². The molecule has 0 atom stereocenters. The zero-order valence-electron chi connectivity index (χ0n) is 14.1. The minimum atomic E-state index is -0.352. The third-order valence-electron chi connectivity index (χ3n) is 4.34. The SMILES string of the molecule is N#C/C(=C\c1ccc(N2CCCC2)cc1)C(=O)NCc1ccccc1. The molecule has 0 aromatic heterocycles. The van der Waals surface area contributed by atoms with Crippen molar-refractivity contribution in [1.29, 1.82) is 5.26 Å². The van der Waals surface area contributed by atoms with Crippen LogP contribution in [0, 0.1) is 11.3 Å². The number of benzene rings is 2. The van der Waals surface area contributed by atoms with Crippen molar-refractivity contribution in [1.82, 2.24) is 5.32 Å². The number of nitrogens with zero attached hydrogens (tertiary/aromatic N) is 2. The van der Waals surface area contributed by atoms with E-state index in [1.165, 1.54) is 18.5 Å². The van der Waals surface area contributed by atoms with Crippen molar-refractivity contribution in [2.75, 3.05) is 18.0 Å². The van der Waals surface area contributed by atoms with Crippen LogP contribution in [0.2, 0.25) is 0 Å². The minimum Gasteiger partial charge on any atom is -0.372 e. The van der Waals surface area contributed by atoms with Crippen molar-refractivity contribution in [3.8, 4) is 6.07 Å². The highest BCUT2D eigenvalue weighted by Gasteiger charge is 2.12. The molecular weight excluding hydrogens is 310 g/mol. The maximum atomic E-state index is 12.2. The zero-order valence-corrected chi connectivity index (χ0v) is 14.1. The Labute approximate surface area is 148 Å². The summed E-state index contributed by atoms with van der Waals surface area (Å²) < 4.78 is 0. The van der Waals surface area contributed by atoms with Crippen LogP contribution in [0.1, 0.15) is 24.0 Å². The summed E-state index contributed by atoms with van der Waals surface area (Å²) in [5.41, 5.74) is 3.17. The maximum Gasteiger partial charge on any atom is 0.262 e. The largest absolute Gasteiger partial charge is 0.372 e. The van der Waals surface area contributed by atoms with Crippen LogP contribution in [0.4, 0.5) is 5.69 Å². The fourth-order valence-electron chi connectivity index (χ4n) is 2.95. The van der Waals surface area contributed by atoms with Crippen molar-refractivity contribution < 1.29 is 4.79 Å². The number of carbonyl (C=O) groups is 1. The van der Waals surface area contributed by atoms with E-state index in [-0.39, 0.29) is 11.5 Å². The monoisotopic (exact) mass is 331 g/mol. The molecule has 0 radical (unpaired) electrons. The van der Waals surface area contributed by atoms with E-state index in [4.69, 9.17) is 0 Å². The lowest BCUT2D eigenvalue weighted by molar-refractivity contribution is -0.117. The van der Waals surface area contributed by atoms with Gasteiger partial charge in [-0.05, 0) is 42.2 Å². The van der Waals surface area contributed by atoms with E-state index in [0.717, 1.165) is 24.2 Å². The lowest BCUT2D eigenvalue weighted by Crippen LogP contribution is -2.23. The topological polar surface area (TPSA) is 56.1 Å². The number of rotatable bonds is 5. The molecule has 4 heteroatoms. The molecule has 1 fully saturated rings. The number of nitriles is 1. The molecule has 3 rings (SSSR count). The van der Waals surface area contributed by atoms with Crippen molar-refractivity contribution >= 4 is 17.7 Å². The van der Waals surface area contributed by atoms with Crippen molar-refractivity contribution in [3.05, 3.63) is 71.3 Å². The first-order valence-electron chi connectivity index (χ1n) is 8.55. The fourth-order valence-corrected chi connectivity index (χ4v) is 2.95. The molecule has 1 saturated heterocycles.